The predicted molar refractivity (Wildman–Crippen MR) is 85.3 cm³/mol. The molecule has 1 N–H and O–H groups in total. The molecule has 5 heteroatoms. The number of aromatic nitrogens is 2. The van der Waals surface area contributed by atoms with Crippen LogP contribution in [0.5, 0.6) is 0 Å². The van der Waals surface area contributed by atoms with Crippen LogP contribution in [0.1, 0.15) is 30.6 Å². The number of nitrogens with one attached hydrogen (secondary N) is 1. The average Bonchev–Trinajstić information content (AvgIpc) is 3.04. The van der Waals surface area contributed by atoms with E-state index in [1.165, 1.54) is 0 Å². The largest absolute Gasteiger partial charge is 0.443 e. The number of carbonyl (C=O) groups is 1. The summed E-state index contributed by atoms with van der Waals surface area (Å²) < 4.78 is 7.60. The Hall–Kier alpha value is -2.14. The minimum atomic E-state index is -0.290. The third-order valence-electron chi connectivity index (χ3n) is 3.35. The molecule has 0 radical (unpaired) electrons. The van der Waals surface area contributed by atoms with Gasteiger partial charge in [0.05, 0.1) is 11.9 Å². The molecule has 0 aliphatic heterocycles. The van der Waals surface area contributed by atoms with Crippen molar-refractivity contribution in [1.82, 2.24) is 14.9 Å². The number of hydrogen-bond donors (Lipinski definition) is 1. The molecule has 2 rings (SSSR count). The summed E-state index contributed by atoms with van der Waals surface area (Å²) in [5, 5.41) is 3.31. The lowest BCUT2D eigenvalue weighted by molar-refractivity contribution is 0.00711. The van der Waals surface area contributed by atoms with Gasteiger partial charge in [0.25, 0.3) is 0 Å². The van der Waals surface area contributed by atoms with Gasteiger partial charge < -0.3 is 9.30 Å². The first-order valence-corrected chi connectivity index (χ1v) is 7.62. The van der Waals surface area contributed by atoms with Crippen molar-refractivity contribution < 1.29 is 9.53 Å². The monoisotopic (exact) mass is 301 g/mol. The third-order valence-corrected chi connectivity index (χ3v) is 3.35. The summed E-state index contributed by atoms with van der Waals surface area (Å²) in [6.45, 7) is 5.74. The van der Waals surface area contributed by atoms with Crippen molar-refractivity contribution in [2.24, 2.45) is 5.92 Å². The van der Waals surface area contributed by atoms with Crippen molar-refractivity contribution in [3.63, 3.8) is 0 Å². The molecule has 0 fully saturated rings. The van der Waals surface area contributed by atoms with Gasteiger partial charge in [0.15, 0.2) is 6.23 Å². The maximum Gasteiger partial charge on any atom is 0.339 e. The highest BCUT2D eigenvalue weighted by Crippen LogP contribution is 2.08. The molecular weight excluding hydrogens is 278 g/mol. The molecule has 0 aliphatic carbocycles. The van der Waals surface area contributed by atoms with Crippen LogP contribution in [0.15, 0.2) is 49.1 Å². The van der Waals surface area contributed by atoms with E-state index >= 15 is 0 Å². The van der Waals surface area contributed by atoms with Crippen LogP contribution in [0.2, 0.25) is 0 Å². The van der Waals surface area contributed by atoms with E-state index in [-0.39, 0.29) is 18.1 Å². The first-order valence-electron chi connectivity index (χ1n) is 7.62. The van der Waals surface area contributed by atoms with Gasteiger partial charge in [0.2, 0.25) is 0 Å². The minimum Gasteiger partial charge on any atom is -0.443 e. The third kappa shape index (κ3) is 5.00. The maximum absolute atomic E-state index is 12.1. The Kier molecular flexibility index (Phi) is 6.15. The molecule has 0 spiro atoms. The second-order valence-corrected chi connectivity index (χ2v) is 5.54. The summed E-state index contributed by atoms with van der Waals surface area (Å²) in [4.78, 5) is 16.1. The molecule has 0 bridgehead atoms. The zero-order valence-electron chi connectivity index (χ0n) is 13.1. The van der Waals surface area contributed by atoms with E-state index in [2.05, 4.69) is 10.3 Å². The summed E-state index contributed by atoms with van der Waals surface area (Å²) in [5.74, 6) is -0.0812. The van der Waals surface area contributed by atoms with Crippen LogP contribution in [0.25, 0.3) is 0 Å². The van der Waals surface area contributed by atoms with Crippen LogP contribution < -0.4 is 5.32 Å². The van der Waals surface area contributed by atoms with E-state index in [1.807, 2.05) is 42.8 Å². The fourth-order valence-corrected chi connectivity index (χ4v) is 2.10. The summed E-state index contributed by atoms with van der Waals surface area (Å²) >= 11 is 0. The lowest BCUT2D eigenvalue weighted by Crippen LogP contribution is -2.39. The van der Waals surface area contributed by atoms with Gasteiger partial charge in [0.1, 0.15) is 0 Å². The van der Waals surface area contributed by atoms with Crippen LogP contribution in [-0.4, -0.2) is 28.3 Å². The fourth-order valence-electron chi connectivity index (χ4n) is 2.10. The Morgan fingerprint density at radius 3 is 2.73 bits per heavy atom. The molecule has 1 heterocycles. The van der Waals surface area contributed by atoms with Gasteiger partial charge in [-0.15, -0.1) is 0 Å². The number of ether oxygens (including phenoxy) is 1. The van der Waals surface area contributed by atoms with Crippen molar-refractivity contribution in [3.05, 3.63) is 54.6 Å². The summed E-state index contributed by atoms with van der Waals surface area (Å²) in [6.07, 6.45) is 6.18. The number of hydrogen-bond acceptors (Lipinski definition) is 4. The van der Waals surface area contributed by atoms with Gasteiger partial charge in [-0.2, -0.15) is 0 Å². The lowest BCUT2D eigenvalue weighted by Gasteiger charge is -2.22. The van der Waals surface area contributed by atoms with Gasteiger partial charge in [-0.25, -0.2) is 9.78 Å². The summed E-state index contributed by atoms with van der Waals surface area (Å²) in [7, 11) is 0. The van der Waals surface area contributed by atoms with Gasteiger partial charge in [-0.05, 0) is 18.6 Å². The zero-order valence-corrected chi connectivity index (χ0v) is 13.1. The predicted octanol–water partition coefficient (Wildman–Crippen LogP) is 2.70. The molecule has 1 atom stereocenters. The Morgan fingerprint density at radius 1 is 1.32 bits per heavy atom. The van der Waals surface area contributed by atoms with Crippen LogP contribution in [0, 0.1) is 5.92 Å². The number of aryl methyl sites for hydroxylation is 1. The fraction of sp³-hybridized carbons (Fsp3) is 0.412. The molecule has 0 amide bonds. The molecule has 118 valence electrons. The highest BCUT2D eigenvalue weighted by Gasteiger charge is 2.18. The molecule has 22 heavy (non-hydrogen) atoms. The van der Waals surface area contributed by atoms with Crippen molar-refractivity contribution in [3.8, 4) is 0 Å². The molecule has 0 saturated heterocycles. The Labute approximate surface area is 131 Å². The number of nitrogens with zero attached hydrogens (tertiary/aromatic N) is 2. The minimum absolute atomic E-state index is 0.209. The van der Waals surface area contributed by atoms with E-state index in [0.29, 0.717) is 5.56 Å². The van der Waals surface area contributed by atoms with Crippen molar-refractivity contribution in [2.45, 2.75) is 33.0 Å². The first-order chi connectivity index (χ1) is 10.7. The topological polar surface area (TPSA) is 56.1 Å². The number of benzene rings is 1. The Morgan fingerprint density at radius 2 is 2.09 bits per heavy atom. The highest BCUT2D eigenvalue weighted by molar-refractivity contribution is 5.89. The smallest absolute Gasteiger partial charge is 0.339 e. The highest BCUT2D eigenvalue weighted by atomic mass is 16.6. The quantitative estimate of drug-likeness (QED) is 0.463. The number of esters is 1. The van der Waals surface area contributed by atoms with Crippen molar-refractivity contribution in [1.29, 1.82) is 0 Å². The number of carbonyl (C=O) groups excluding carboxylic acids is 1. The maximum atomic E-state index is 12.1. The Balaban J connectivity index is 1.78. The van der Waals surface area contributed by atoms with E-state index in [4.69, 9.17) is 4.74 Å². The van der Waals surface area contributed by atoms with Crippen LogP contribution in [-0.2, 0) is 11.3 Å². The molecule has 5 nitrogen and oxygen atoms in total. The van der Waals surface area contributed by atoms with Gasteiger partial charge in [0, 0.05) is 31.4 Å². The lowest BCUT2D eigenvalue weighted by atomic mass is 10.2. The number of rotatable bonds is 8. The van der Waals surface area contributed by atoms with Gasteiger partial charge in [-0.3, -0.25) is 5.32 Å². The van der Waals surface area contributed by atoms with Crippen molar-refractivity contribution >= 4 is 5.97 Å². The molecule has 1 unspecified atom stereocenters. The van der Waals surface area contributed by atoms with Gasteiger partial charge >= 0.3 is 5.97 Å². The average molecular weight is 301 g/mol. The standard InChI is InChI=1S/C17H23N3O2/c1-14(2)16(19-9-6-11-20-12-10-18-13-20)22-17(21)15-7-4-3-5-8-15/h3-5,7-8,10,12-14,16,19H,6,9,11H2,1-2H3. The van der Waals surface area contributed by atoms with E-state index in [0.717, 1.165) is 19.5 Å². The summed E-state index contributed by atoms with van der Waals surface area (Å²) in [6, 6.07) is 9.07. The molecular formula is C17H23N3O2. The zero-order chi connectivity index (χ0) is 15.8. The summed E-state index contributed by atoms with van der Waals surface area (Å²) in [5.41, 5.74) is 0.577. The molecule has 1 aromatic carbocycles. The molecule has 0 aliphatic rings. The number of imidazole rings is 1. The van der Waals surface area contributed by atoms with E-state index < -0.39 is 0 Å². The first kappa shape index (κ1) is 16.2. The van der Waals surface area contributed by atoms with Crippen LogP contribution in [0.4, 0.5) is 0 Å². The molecule has 1 aromatic heterocycles. The molecule has 0 saturated carbocycles. The van der Waals surface area contributed by atoms with Crippen molar-refractivity contribution in [2.75, 3.05) is 6.54 Å². The molecule has 2 aromatic rings. The van der Waals surface area contributed by atoms with E-state index in [1.54, 1.807) is 24.7 Å². The normalized spacial score (nSPS) is 12.3. The van der Waals surface area contributed by atoms with Crippen LogP contribution in [0.3, 0.4) is 0 Å². The van der Waals surface area contributed by atoms with E-state index in [9.17, 15) is 4.79 Å². The second-order valence-electron chi connectivity index (χ2n) is 5.54. The Bertz CT molecular complexity index is 553. The second kappa shape index (κ2) is 8.34. The van der Waals surface area contributed by atoms with Gasteiger partial charge in [-0.1, -0.05) is 32.0 Å². The van der Waals surface area contributed by atoms with Crippen LogP contribution >= 0.6 is 0 Å². The SMILES string of the molecule is CC(C)C(NCCCn1ccnc1)OC(=O)c1ccccc1.